The topological polar surface area (TPSA) is 60.7 Å². The van der Waals surface area contributed by atoms with Gasteiger partial charge in [-0.2, -0.15) is 0 Å². The molecule has 30 heavy (non-hydrogen) atoms. The van der Waals surface area contributed by atoms with Gasteiger partial charge in [-0.25, -0.2) is 0 Å². The van der Waals surface area contributed by atoms with E-state index in [9.17, 15) is 15.3 Å². The zero-order valence-corrected chi connectivity index (χ0v) is 20.2. The molecule has 0 bridgehead atoms. The molecule has 4 aliphatic rings. The van der Waals surface area contributed by atoms with Crippen LogP contribution in [0.4, 0.5) is 0 Å². The summed E-state index contributed by atoms with van der Waals surface area (Å²) in [7, 11) is 0. The summed E-state index contributed by atoms with van der Waals surface area (Å²) >= 11 is 0. The van der Waals surface area contributed by atoms with Crippen molar-refractivity contribution in [2.75, 3.05) is 0 Å². The van der Waals surface area contributed by atoms with Gasteiger partial charge >= 0.3 is 0 Å². The standard InChI is InChI=1S/C27H48O3/c1-17(24(29)12-13-25(2,3)30)21-8-9-22-20-7-6-18-16-19(28)10-14-26(18,4)23(20)11-15-27(21,22)5/h17-24,28-30H,6-16H2,1-5H3/t17-,18-,19-,20-,21+,22-,23-,24+,26-,27+/m0/s1. The molecule has 4 saturated carbocycles. The van der Waals surface area contributed by atoms with Gasteiger partial charge in [0.25, 0.3) is 0 Å². The molecule has 4 fully saturated rings. The first-order chi connectivity index (χ1) is 14.0. The van der Waals surface area contributed by atoms with E-state index in [0.717, 1.165) is 36.5 Å². The van der Waals surface area contributed by atoms with Crippen LogP contribution >= 0.6 is 0 Å². The lowest BCUT2D eigenvalue weighted by atomic mass is 9.44. The molecule has 0 aromatic rings. The smallest absolute Gasteiger partial charge is 0.0592 e. The molecule has 3 nitrogen and oxygen atoms in total. The van der Waals surface area contributed by atoms with Crippen molar-refractivity contribution in [2.24, 2.45) is 46.3 Å². The van der Waals surface area contributed by atoms with E-state index in [0.29, 0.717) is 35.5 Å². The van der Waals surface area contributed by atoms with E-state index in [1.54, 1.807) is 0 Å². The summed E-state index contributed by atoms with van der Waals surface area (Å²) in [5.74, 6) is 4.16. The van der Waals surface area contributed by atoms with E-state index >= 15 is 0 Å². The highest BCUT2D eigenvalue weighted by molar-refractivity contribution is 5.10. The van der Waals surface area contributed by atoms with Gasteiger partial charge in [-0.3, -0.25) is 0 Å². The maximum absolute atomic E-state index is 11.0. The Balaban J connectivity index is 1.47. The second kappa shape index (κ2) is 8.03. The highest BCUT2D eigenvalue weighted by Crippen LogP contribution is 2.68. The number of fused-ring (bicyclic) bond motifs is 5. The van der Waals surface area contributed by atoms with E-state index < -0.39 is 5.60 Å². The van der Waals surface area contributed by atoms with Crippen LogP contribution in [0.2, 0.25) is 0 Å². The highest BCUT2D eigenvalue weighted by Gasteiger charge is 2.60. The Morgan fingerprint density at radius 1 is 0.933 bits per heavy atom. The van der Waals surface area contributed by atoms with Crippen LogP contribution in [-0.4, -0.2) is 33.1 Å². The summed E-state index contributed by atoms with van der Waals surface area (Å²) in [5, 5.41) is 31.3. The molecule has 4 aliphatic carbocycles. The average Bonchev–Trinajstić information content (AvgIpc) is 3.02. The number of aliphatic hydroxyl groups excluding tert-OH is 2. The fourth-order valence-electron chi connectivity index (χ4n) is 9.17. The molecule has 10 atom stereocenters. The Morgan fingerprint density at radius 3 is 2.30 bits per heavy atom. The van der Waals surface area contributed by atoms with Gasteiger partial charge in [-0.1, -0.05) is 20.8 Å². The third kappa shape index (κ3) is 3.90. The molecular weight excluding hydrogens is 372 g/mol. The SMILES string of the molecule is C[C@H]([C@H](O)CCC(C)(C)O)[C@H]1CC[C@H]2[C@@H]3CC[C@H]4C[C@@H](O)CC[C@]4(C)[C@H]3CC[C@]12C. The number of rotatable bonds is 5. The molecule has 0 unspecified atom stereocenters. The summed E-state index contributed by atoms with van der Waals surface area (Å²) in [4.78, 5) is 0. The molecule has 174 valence electrons. The van der Waals surface area contributed by atoms with Crippen LogP contribution in [-0.2, 0) is 0 Å². The van der Waals surface area contributed by atoms with Crippen molar-refractivity contribution in [2.45, 2.75) is 123 Å². The molecule has 3 heteroatoms. The maximum Gasteiger partial charge on any atom is 0.0592 e. The minimum atomic E-state index is -0.692. The van der Waals surface area contributed by atoms with Gasteiger partial charge in [0.15, 0.2) is 0 Å². The Hall–Kier alpha value is -0.120. The van der Waals surface area contributed by atoms with Gasteiger partial charge in [0.05, 0.1) is 17.8 Å². The number of hydrogen-bond acceptors (Lipinski definition) is 3. The molecule has 0 aromatic heterocycles. The van der Waals surface area contributed by atoms with Crippen molar-refractivity contribution in [1.82, 2.24) is 0 Å². The van der Waals surface area contributed by atoms with Gasteiger partial charge in [0.2, 0.25) is 0 Å². The molecule has 0 radical (unpaired) electrons. The fraction of sp³-hybridized carbons (Fsp3) is 1.00. The van der Waals surface area contributed by atoms with Gasteiger partial charge in [0, 0.05) is 0 Å². The molecule has 0 aromatic carbocycles. The van der Waals surface area contributed by atoms with Crippen molar-refractivity contribution in [3.63, 3.8) is 0 Å². The zero-order chi connectivity index (χ0) is 21.9. The first-order valence-electron chi connectivity index (χ1n) is 13.0. The van der Waals surface area contributed by atoms with E-state index in [-0.39, 0.29) is 12.2 Å². The Bertz CT molecular complexity index is 612. The van der Waals surface area contributed by atoms with Crippen LogP contribution in [0.25, 0.3) is 0 Å². The monoisotopic (exact) mass is 420 g/mol. The van der Waals surface area contributed by atoms with E-state index in [1.807, 2.05) is 13.8 Å². The average molecular weight is 421 g/mol. The predicted octanol–water partition coefficient (Wildman–Crippen LogP) is 5.55. The highest BCUT2D eigenvalue weighted by atomic mass is 16.3. The number of aliphatic hydroxyl groups is 3. The molecule has 0 aliphatic heterocycles. The van der Waals surface area contributed by atoms with Crippen LogP contribution in [0.15, 0.2) is 0 Å². The zero-order valence-electron chi connectivity index (χ0n) is 20.2. The molecule has 0 spiro atoms. The van der Waals surface area contributed by atoms with Crippen molar-refractivity contribution in [3.8, 4) is 0 Å². The lowest BCUT2D eigenvalue weighted by Crippen LogP contribution is -2.54. The van der Waals surface area contributed by atoms with Crippen LogP contribution in [0.1, 0.15) is 105 Å². The molecule has 4 rings (SSSR count). The summed E-state index contributed by atoms with van der Waals surface area (Å²) < 4.78 is 0. The van der Waals surface area contributed by atoms with Crippen molar-refractivity contribution in [3.05, 3.63) is 0 Å². The summed E-state index contributed by atoms with van der Waals surface area (Å²) in [6.45, 7) is 11.1. The van der Waals surface area contributed by atoms with Gasteiger partial charge in [-0.05, 0) is 131 Å². The first kappa shape index (κ1) is 23.1. The largest absolute Gasteiger partial charge is 0.393 e. The molecular formula is C27H48O3. The molecule has 0 saturated heterocycles. The van der Waals surface area contributed by atoms with Gasteiger partial charge in [0.1, 0.15) is 0 Å². The van der Waals surface area contributed by atoms with E-state index in [1.165, 1.54) is 44.9 Å². The Morgan fingerprint density at radius 2 is 1.60 bits per heavy atom. The van der Waals surface area contributed by atoms with Crippen LogP contribution < -0.4 is 0 Å². The van der Waals surface area contributed by atoms with Crippen LogP contribution in [0, 0.1) is 46.3 Å². The van der Waals surface area contributed by atoms with Crippen LogP contribution in [0.5, 0.6) is 0 Å². The quantitative estimate of drug-likeness (QED) is 0.546. The molecule has 0 amide bonds. The van der Waals surface area contributed by atoms with Crippen molar-refractivity contribution in [1.29, 1.82) is 0 Å². The Labute approximate surface area is 185 Å². The minimum absolute atomic E-state index is 0.0597. The third-order valence-electron chi connectivity index (χ3n) is 11.0. The van der Waals surface area contributed by atoms with Crippen molar-refractivity contribution >= 4 is 0 Å². The molecule has 0 heterocycles. The van der Waals surface area contributed by atoms with Crippen molar-refractivity contribution < 1.29 is 15.3 Å². The normalized spacial score (nSPS) is 48.4. The van der Waals surface area contributed by atoms with E-state index in [2.05, 4.69) is 20.8 Å². The third-order valence-corrected chi connectivity index (χ3v) is 11.0. The van der Waals surface area contributed by atoms with Gasteiger partial charge < -0.3 is 15.3 Å². The lowest BCUT2D eigenvalue weighted by Gasteiger charge is -2.61. The first-order valence-corrected chi connectivity index (χ1v) is 13.0. The summed E-state index contributed by atoms with van der Waals surface area (Å²) in [5.41, 5.74) is 0.121. The summed E-state index contributed by atoms with van der Waals surface area (Å²) in [6, 6.07) is 0. The second-order valence-corrected chi connectivity index (χ2v) is 13.1. The van der Waals surface area contributed by atoms with Gasteiger partial charge in [-0.15, -0.1) is 0 Å². The summed E-state index contributed by atoms with van der Waals surface area (Å²) in [6.07, 6.45) is 12.2. The van der Waals surface area contributed by atoms with Crippen LogP contribution in [0.3, 0.4) is 0 Å². The Kier molecular flexibility index (Phi) is 6.17. The number of hydrogen-bond donors (Lipinski definition) is 3. The molecule has 3 N–H and O–H groups in total. The lowest BCUT2D eigenvalue weighted by molar-refractivity contribution is -0.132. The fourth-order valence-corrected chi connectivity index (χ4v) is 9.17. The van der Waals surface area contributed by atoms with E-state index in [4.69, 9.17) is 0 Å². The predicted molar refractivity (Wildman–Crippen MR) is 122 cm³/mol. The maximum atomic E-state index is 11.0. The minimum Gasteiger partial charge on any atom is -0.393 e. The second-order valence-electron chi connectivity index (χ2n) is 13.1.